The SMILES string of the molecule is CC(C)(C)[Si](F)(c1ccc(C(=O)NCC[C@H](NC(=O)CC[C@H](C(=O)O)N2CCN(CC(=O)O)CCN(CC(=O)O)CCN(CC(=O)O)CC2)C(=O)N[C@@H](CCCCNC(=O)CCC(=O)NCCC[C@@H](NC(=O)CC[C@H](NC(=O)N[C@@H](CCC(=O)O)C(=O)O)C(=O)O)C(=O)O)C(=O)O)cc1)C(C)(C)C. The van der Waals surface area contributed by atoms with Crippen molar-refractivity contribution in [3.63, 3.8) is 0 Å². The van der Waals surface area contributed by atoms with Crippen LogP contribution in [0.5, 0.6) is 0 Å². The van der Waals surface area contributed by atoms with E-state index < -0.39 is 208 Å². The fourth-order valence-electron chi connectivity index (χ4n) is 11.6. The predicted octanol–water partition coefficient (Wildman–Crippen LogP) is -1.33. The molecule has 39 heteroatoms. The third-order valence-electron chi connectivity index (χ3n) is 16.9. The summed E-state index contributed by atoms with van der Waals surface area (Å²) in [4.78, 5) is 204. The molecule has 0 aromatic heterocycles. The number of carbonyl (C=O) groups excluding carboxylic acids is 7. The standard InChI is InChI=1S/C64H101FN12O25Si/c1-63(2,3)103(65,64(4,5)6)40-14-12-39(13-15-40)55(90)68-27-24-41(69-50(81)20-18-46(61(100)101)77-34-32-75(37-53(86)87)30-28-74(36-52(84)85)29-31-76(33-35-77)38-54(88)89)56(91)71-43(58(94)95)10-7-8-25-66-47(78)21-22-48(79)67-26-9-11-42(57(92)93)70-49(80)19-16-44(59(96)97)72-62(102)73-45(60(98)99)17-23-51(82)83/h12-15,41-46H,7-11,16-38H2,1-6H3,(H,66,78)(H,67,79)(H,68,90)(H,69,81)(H,70,80)(H,71,91)(H,82,83)(H,84,85)(H,86,87)(H,88,89)(H,92,93)(H,94,95)(H,96,97)(H,98,99)(H,100,101)(H2,72,73,102)/t41-,42+,43-,44-,45-,46+/m0/s1. The van der Waals surface area contributed by atoms with Crippen LogP contribution in [0.25, 0.3) is 0 Å². The molecule has 1 saturated heterocycles. The number of nitrogens with zero attached hydrogens (tertiary/aromatic N) is 4. The number of aliphatic carboxylic acids is 9. The molecule has 0 radical (unpaired) electrons. The molecule has 0 aliphatic carbocycles. The molecule has 0 bridgehead atoms. The first kappa shape index (κ1) is 89.6. The normalized spacial score (nSPS) is 15.6. The van der Waals surface area contributed by atoms with Gasteiger partial charge in [0.25, 0.3) is 14.3 Å². The largest absolute Gasteiger partial charge is 0.481 e. The summed E-state index contributed by atoms with van der Waals surface area (Å²) in [6.07, 6.45) is -4.45. The Bertz CT molecular complexity index is 3070. The zero-order valence-electron chi connectivity index (χ0n) is 58.8. The Balaban J connectivity index is 2.14. The van der Waals surface area contributed by atoms with E-state index in [2.05, 4.69) is 31.9 Å². The first-order chi connectivity index (χ1) is 48.0. The lowest BCUT2D eigenvalue weighted by Gasteiger charge is -2.44. The number of hydrogen-bond acceptors (Lipinski definition) is 20. The highest BCUT2D eigenvalue weighted by Crippen LogP contribution is 2.51. The molecule has 17 N–H and O–H groups in total. The van der Waals surface area contributed by atoms with Crippen molar-refractivity contribution in [3.8, 4) is 0 Å². The molecule has 37 nitrogen and oxygen atoms in total. The van der Waals surface area contributed by atoms with Crippen LogP contribution in [0.15, 0.2) is 24.3 Å². The number of benzene rings is 1. The van der Waals surface area contributed by atoms with Gasteiger partial charge in [0.05, 0.1) is 19.6 Å². The van der Waals surface area contributed by atoms with E-state index in [1.165, 1.54) is 31.7 Å². The van der Waals surface area contributed by atoms with Crippen molar-refractivity contribution < 1.29 is 127 Å². The number of amides is 8. The number of rotatable bonds is 44. The molecule has 1 fully saturated rings. The Morgan fingerprint density at radius 3 is 1.20 bits per heavy atom. The van der Waals surface area contributed by atoms with Crippen LogP contribution < -0.4 is 47.7 Å². The number of urea groups is 1. The van der Waals surface area contributed by atoms with Gasteiger partial charge in [0, 0.05) is 110 Å². The lowest BCUT2D eigenvalue weighted by molar-refractivity contribution is -0.145. The average Bonchev–Trinajstić information content (AvgIpc) is 0.748. The minimum atomic E-state index is -3.72. The quantitative estimate of drug-likeness (QED) is 0.0205. The van der Waals surface area contributed by atoms with Gasteiger partial charge in [-0.1, -0.05) is 53.7 Å². The maximum absolute atomic E-state index is 17.1. The minimum Gasteiger partial charge on any atom is -0.481 e. The molecule has 0 spiro atoms. The first-order valence-corrected chi connectivity index (χ1v) is 35.4. The van der Waals surface area contributed by atoms with Crippen LogP contribution in [0, 0.1) is 0 Å². The van der Waals surface area contributed by atoms with E-state index in [9.17, 15) is 118 Å². The number of halogens is 1. The Kier molecular flexibility index (Phi) is 38.4. The van der Waals surface area contributed by atoms with Gasteiger partial charge in [-0.15, -0.1) is 0 Å². The maximum atomic E-state index is 17.1. The topological polar surface area (TPSA) is 564 Å². The fraction of sp³-hybridized carbons (Fsp3) is 0.656. The number of nitrogens with one attached hydrogen (secondary N) is 8. The molecule has 1 aromatic rings. The predicted molar refractivity (Wildman–Crippen MR) is 364 cm³/mol. The highest BCUT2D eigenvalue weighted by atomic mass is 28.4. The summed E-state index contributed by atoms with van der Waals surface area (Å²) in [6, 6.07) is -4.75. The first-order valence-electron chi connectivity index (χ1n) is 33.5. The van der Waals surface area contributed by atoms with Gasteiger partial charge in [0.2, 0.25) is 29.5 Å². The van der Waals surface area contributed by atoms with Crippen molar-refractivity contribution >= 4 is 109 Å². The second kappa shape index (κ2) is 44.1. The van der Waals surface area contributed by atoms with E-state index in [1.54, 1.807) is 12.1 Å². The van der Waals surface area contributed by atoms with Crippen molar-refractivity contribution in [2.24, 2.45) is 0 Å². The Morgan fingerprint density at radius 1 is 0.398 bits per heavy atom. The van der Waals surface area contributed by atoms with Gasteiger partial charge in [-0.2, -0.15) is 0 Å². The number of hydrogen-bond donors (Lipinski definition) is 17. The van der Waals surface area contributed by atoms with E-state index in [1.807, 2.05) is 52.2 Å². The summed E-state index contributed by atoms with van der Waals surface area (Å²) in [7, 11) is -3.72. The highest BCUT2D eigenvalue weighted by molar-refractivity contribution is 6.90. The Hall–Kier alpha value is -9.47. The Morgan fingerprint density at radius 2 is 0.786 bits per heavy atom. The molecule has 1 aromatic carbocycles. The van der Waals surface area contributed by atoms with Gasteiger partial charge < -0.3 is 92.6 Å². The minimum absolute atomic E-state index is 0.000950. The molecule has 0 unspecified atom stereocenters. The second-order valence-corrected chi connectivity index (χ2v) is 31.8. The smallest absolute Gasteiger partial charge is 0.326 e. The van der Waals surface area contributed by atoms with Crippen molar-refractivity contribution in [2.75, 3.05) is 91.6 Å². The van der Waals surface area contributed by atoms with Gasteiger partial charge in [-0.05, 0) is 85.2 Å². The number of carbonyl (C=O) groups is 16. The summed E-state index contributed by atoms with van der Waals surface area (Å²) in [6.45, 7) is 9.03. The van der Waals surface area contributed by atoms with Crippen molar-refractivity contribution in [2.45, 2.75) is 178 Å². The van der Waals surface area contributed by atoms with Gasteiger partial charge >= 0.3 is 59.8 Å². The molecule has 6 atom stereocenters. The van der Waals surface area contributed by atoms with Gasteiger partial charge in [-0.25, -0.2) is 24.0 Å². The van der Waals surface area contributed by atoms with E-state index in [-0.39, 0.29) is 129 Å². The number of carboxylic acids is 9. The summed E-state index contributed by atoms with van der Waals surface area (Å²) < 4.78 is 17.1. The maximum Gasteiger partial charge on any atom is 0.326 e. The summed E-state index contributed by atoms with van der Waals surface area (Å²) >= 11 is 0. The molecular formula is C64H101FN12O25Si. The van der Waals surface area contributed by atoms with E-state index in [0.717, 1.165) is 0 Å². The zero-order valence-corrected chi connectivity index (χ0v) is 59.8. The monoisotopic (exact) mass is 1480 g/mol. The summed E-state index contributed by atoms with van der Waals surface area (Å²) in [5.74, 6) is -17.2. The molecule has 578 valence electrons. The number of unbranched alkanes of at least 4 members (excludes halogenated alkanes) is 1. The van der Waals surface area contributed by atoms with E-state index >= 15 is 4.11 Å². The molecule has 2 rings (SSSR count). The molecular weight excluding hydrogens is 1380 g/mol. The molecule has 1 heterocycles. The van der Waals surface area contributed by atoms with Gasteiger partial charge in [0.15, 0.2) is 0 Å². The van der Waals surface area contributed by atoms with Crippen LogP contribution in [0.1, 0.15) is 142 Å². The van der Waals surface area contributed by atoms with E-state index in [0.29, 0.717) is 5.19 Å². The molecule has 1 aliphatic heterocycles. The van der Waals surface area contributed by atoms with Gasteiger partial charge in [-0.3, -0.25) is 72.3 Å². The third kappa shape index (κ3) is 33.9. The number of carboxylic acid groups (broad SMARTS) is 9. The zero-order chi connectivity index (χ0) is 78.0. The third-order valence-corrected chi connectivity index (χ3v) is 22.1. The van der Waals surface area contributed by atoms with Crippen molar-refractivity contribution in [3.05, 3.63) is 29.8 Å². The molecule has 8 amide bonds. The van der Waals surface area contributed by atoms with Crippen LogP contribution in [0.3, 0.4) is 0 Å². The van der Waals surface area contributed by atoms with Crippen LogP contribution in [0.4, 0.5) is 8.90 Å². The molecule has 0 saturated carbocycles. The van der Waals surface area contributed by atoms with E-state index in [4.69, 9.17) is 5.11 Å². The van der Waals surface area contributed by atoms with Gasteiger partial charge in [0.1, 0.15) is 36.3 Å². The van der Waals surface area contributed by atoms with Crippen LogP contribution in [0.2, 0.25) is 10.1 Å². The lowest BCUT2D eigenvalue weighted by atomic mass is 10.1. The van der Waals surface area contributed by atoms with Crippen LogP contribution >= 0.6 is 0 Å². The summed E-state index contributed by atoms with van der Waals surface area (Å²) in [5.41, 5.74) is 0.135. The van der Waals surface area contributed by atoms with Crippen LogP contribution in [-0.4, -0.2) is 297 Å². The molecule has 1 aliphatic rings. The highest BCUT2D eigenvalue weighted by Gasteiger charge is 2.56. The van der Waals surface area contributed by atoms with Crippen molar-refractivity contribution in [1.29, 1.82) is 0 Å². The fourth-order valence-corrected chi connectivity index (χ4v) is 16.2. The average molecular weight is 1490 g/mol. The summed E-state index contributed by atoms with van der Waals surface area (Å²) in [5, 5.41) is 105. The second-order valence-electron chi connectivity index (χ2n) is 26.9. The lowest BCUT2D eigenvalue weighted by Crippen LogP contribution is -2.57. The molecule has 103 heavy (non-hydrogen) atoms. The van der Waals surface area contributed by atoms with Crippen molar-refractivity contribution in [1.82, 2.24) is 62.1 Å². The van der Waals surface area contributed by atoms with Crippen LogP contribution in [-0.2, 0) is 67.1 Å². The Labute approximate surface area is 594 Å².